The van der Waals surface area contributed by atoms with Crippen molar-refractivity contribution in [3.63, 3.8) is 0 Å². The first-order valence-electron chi connectivity index (χ1n) is 14.1. The van der Waals surface area contributed by atoms with Crippen LogP contribution in [0.5, 0.6) is 17.2 Å². The number of aromatic hydroxyl groups is 1. The molecule has 0 aliphatic carbocycles. The number of amides is 4. The topological polar surface area (TPSA) is 113 Å². The van der Waals surface area contributed by atoms with Crippen LogP contribution in [0.3, 0.4) is 0 Å². The van der Waals surface area contributed by atoms with Gasteiger partial charge in [0.2, 0.25) is 0 Å². The molecule has 0 saturated heterocycles. The molecule has 2 heterocycles. The maximum absolute atomic E-state index is 12.0. The number of imide groups is 2. The average Bonchev–Trinajstić information content (AvgIpc) is 3.02. The van der Waals surface area contributed by atoms with Crippen molar-refractivity contribution in [3.05, 3.63) is 88.5 Å². The fourth-order valence-corrected chi connectivity index (χ4v) is 4.32. The molecule has 0 atom stereocenters. The minimum atomic E-state index is -1.72. The smallest absolute Gasteiger partial charge is 0.504 e. The molecule has 0 saturated carbocycles. The highest BCUT2D eigenvalue weighted by Gasteiger charge is 2.20. The van der Waals surface area contributed by atoms with Crippen LogP contribution in [0.4, 0.5) is 0 Å². The molecule has 244 valence electrons. The Morgan fingerprint density at radius 2 is 1.17 bits per heavy atom. The van der Waals surface area contributed by atoms with Crippen LogP contribution >= 0.6 is 30.1 Å². The second kappa shape index (κ2) is 19.2. The molecule has 9 nitrogen and oxygen atoms in total. The number of methoxy groups -OCH3 is 2. The van der Waals surface area contributed by atoms with Crippen LogP contribution < -0.4 is 9.47 Å². The Balaban J connectivity index is 0.000000287. The van der Waals surface area contributed by atoms with Gasteiger partial charge in [-0.1, -0.05) is 18.2 Å². The van der Waals surface area contributed by atoms with Crippen molar-refractivity contribution in [2.45, 2.75) is 33.6 Å². The van der Waals surface area contributed by atoms with E-state index >= 15 is 0 Å². The summed E-state index contributed by atoms with van der Waals surface area (Å²) in [7, 11) is 17.9. The fraction of sp³-hybridized carbons (Fsp3) is 0.273. The number of carbonyl (C=O) groups excluding carboxylic acids is 4. The van der Waals surface area contributed by atoms with Crippen LogP contribution in [0.25, 0.3) is 12.2 Å². The van der Waals surface area contributed by atoms with E-state index in [2.05, 4.69) is 0 Å². The highest BCUT2D eigenvalue weighted by molar-refractivity contribution is 7.54. The summed E-state index contributed by atoms with van der Waals surface area (Å²) in [5.74, 6) is 0.0232. The van der Waals surface area contributed by atoms with Gasteiger partial charge in [0, 0.05) is 25.2 Å². The molecule has 4 amide bonds. The highest BCUT2D eigenvalue weighted by Crippen LogP contribution is 2.31. The zero-order chi connectivity index (χ0) is 34.4. The number of nitrogens with zero attached hydrogens (tertiary/aromatic N) is 2. The number of rotatable bonds is 6. The van der Waals surface area contributed by atoms with Crippen LogP contribution in [0, 0.1) is 20.8 Å². The Labute approximate surface area is 286 Å². The predicted molar refractivity (Wildman–Crippen MR) is 184 cm³/mol. The molecule has 0 unspecified atom stereocenters. The van der Waals surface area contributed by atoms with E-state index in [0.29, 0.717) is 37.2 Å². The maximum atomic E-state index is 12.0. The number of aryl methyl sites for hydroxylation is 2. The maximum Gasteiger partial charge on any atom is 0.643 e. The zero-order valence-electron chi connectivity index (χ0n) is 26.3. The minimum Gasteiger partial charge on any atom is -0.504 e. The Morgan fingerprint density at radius 3 is 1.59 bits per heavy atom. The molecule has 13 heteroatoms. The number of halogens is 3. The standard InChI is InChI=1S/C17H19NO3.C16H17NO4.Al.3ClH/c1-12-10-14(11-15(21-3)13(12)2)7-8-17(20)18-9-5-4-6-16(18)19;1-11-9-12(10-13(21-2)16(11)20)6-7-15(19)17-8-4-3-5-14(17)18;;;;/h4,6-8,10-11H,5,9H2,1-3H3;3,5-7,9-10,20H,4,8H2,1-2H3;;3*1H/q;;+3;;;/p-3/b8-7+;7-6+;;;;. The largest absolute Gasteiger partial charge is 0.643 e. The lowest BCUT2D eigenvalue weighted by molar-refractivity contribution is -0.140. The van der Waals surface area contributed by atoms with Gasteiger partial charge in [-0.25, -0.2) is 30.1 Å². The van der Waals surface area contributed by atoms with E-state index in [4.69, 9.17) is 39.6 Å². The van der Waals surface area contributed by atoms with Gasteiger partial charge < -0.3 is 14.6 Å². The molecule has 0 radical (unpaired) electrons. The highest BCUT2D eigenvalue weighted by atomic mass is 35.8. The monoisotopic (exact) mass is 704 g/mol. The molecule has 2 aromatic carbocycles. The summed E-state index contributed by atoms with van der Waals surface area (Å²) in [6.07, 6.45) is 13.9. The van der Waals surface area contributed by atoms with Crippen molar-refractivity contribution in [1.29, 1.82) is 0 Å². The molecule has 4 rings (SSSR count). The lowest BCUT2D eigenvalue weighted by Gasteiger charge is -2.19. The summed E-state index contributed by atoms with van der Waals surface area (Å²) in [5, 5.41) is 9.76. The van der Waals surface area contributed by atoms with Crippen LogP contribution in [0.2, 0.25) is 0 Å². The first-order valence-corrected chi connectivity index (χ1v) is 19.4. The van der Waals surface area contributed by atoms with E-state index in [9.17, 15) is 24.3 Å². The second-order valence-electron chi connectivity index (χ2n) is 10.0. The fourth-order valence-electron chi connectivity index (χ4n) is 4.32. The summed E-state index contributed by atoms with van der Waals surface area (Å²) >= 11 is -1.72. The molecule has 2 aromatic rings. The molecule has 0 spiro atoms. The third-order valence-corrected chi connectivity index (χ3v) is 6.83. The number of ether oxygens (including phenoxy) is 2. The first-order chi connectivity index (χ1) is 21.8. The molecule has 2 aliphatic heterocycles. The van der Waals surface area contributed by atoms with E-state index in [-0.39, 0.29) is 29.4 Å². The number of benzene rings is 2. The number of hydrogen-bond donors (Lipinski definition) is 1. The molecule has 0 fully saturated rings. The summed E-state index contributed by atoms with van der Waals surface area (Å²) < 4.78 is 10.4. The molecule has 2 aliphatic rings. The van der Waals surface area contributed by atoms with Crippen LogP contribution in [0.1, 0.15) is 40.7 Å². The lowest BCUT2D eigenvalue weighted by Crippen LogP contribution is -2.37. The third kappa shape index (κ3) is 12.0. The minimum absolute atomic E-state index is 0.0809. The van der Waals surface area contributed by atoms with Gasteiger partial charge in [-0.15, -0.1) is 0 Å². The molecule has 1 N–H and O–H groups in total. The quantitative estimate of drug-likeness (QED) is 0.275. The van der Waals surface area contributed by atoms with Crippen molar-refractivity contribution < 1.29 is 33.8 Å². The first kappa shape index (κ1) is 38.7. The van der Waals surface area contributed by atoms with Crippen molar-refractivity contribution in [1.82, 2.24) is 9.80 Å². The zero-order valence-corrected chi connectivity index (χ0v) is 29.7. The SMILES string of the molecule is COc1cc(/C=C/C(=O)N2CCC=CC2=O)cc(C)c1C.COc1cc(/C=C/C(=O)N2CCC=CC2=O)cc(C)c1O.[Cl][Al]([Cl])[Cl]. The van der Waals surface area contributed by atoms with E-state index in [1.54, 1.807) is 50.5 Å². The summed E-state index contributed by atoms with van der Waals surface area (Å²) in [4.78, 5) is 49.7. The van der Waals surface area contributed by atoms with Crippen LogP contribution in [0.15, 0.2) is 60.7 Å². The molecular formula is C33H36AlCl3N2O7. The van der Waals surface area contributed by atoms with Gasteiger partial charge in [0.25, 0.3) is 23.6 Å². The summed E-state index contributed by atoms with van der Waals surface area (Å²) in [6, 6.07) is 7.23. The van der Waals surface area contributed by atoms with Gasteiger partial charge in [-0.05, 0) is 104 Å². The number of phenols is 1. The second-order valence-corrected chi connectivity index (χ2v) is 16.4. The van der Waals surface area contributed by atoms with E-state index < -0.39 is 11.4 Å². The Morgan fingerprint density at radius 1 is 0.761 bits per heavy atom. The molecule has 0 aromatic heterocycles. The van der Waals surface area contributed by atoms with Gasteiger partial charge >= 0.3 is 11.4 Å². The van der Waals surface area contributed by atoms with E-state index in [1.165, 1.54) is 41.2 Å². The summed E-state index contributed by atoms with van der Waals surface area (Å²) in [6.45, 7) is 6.57. The van der Waals surface area contributed by atoms with Crippen molar-refractivity contribution in [2.75, 3.05) is 27.3 Å². The predicted octanol–water partition coefficient (Wildman–Crippen LogP) is 6.37. The van der Waals surface area contributed by atoms with Crippen molar-refractivity contribution in [2.24, 2.45) is 0 Å². The number of carbonyl (C=O) groups is 4. The Kier molecular flexibility index (Phi) is 16.2. The third-order valence-electron chi connectivity index (χ3n) is 6.83. The molecule has 46 heavy (non-hydrogen) atoms. The van der Waals surface area contributed by atoms with Gasteiger partial charge in [0.05, 0.1) is 14.2 Å². The van der Waals surface area contributed by atoms with Crippen LogP contribution in [-0.4, -0.2) is 77.2 Å². The molecule has 0 bridgehead atoms. The van der Waals surface area contributed by atoms with Crippen molar-refractivity contribution >= 4 is 77.3 Å². The Hall–Kier alpha value is -3.52. The van der Waals surface area contributed by atoms with Gasteiger partial charge in [0.1, 0.15) is 5.75 Å². The lowest BCUT2D eigenvalue weighted by atomic mass is 10.0. The summed E-state index contributed by atoms with van der Waals surface area (Å²) in [5.41, 5.74) is 4.42. The normalized spacial score (nSPS) is 14.1. The van der Waals surface area contributed by atoms with Crippen molar-refractivity contribution in [3.8, 4) is 17.2 Å². The van der Waals surface area contributed by atoms with Gasteiger partial charge in [0.15, 0.2) is 11.5 Å². The average molecular weight is 706 g/mol. The van der Waals surface area contributed by atoms with E-state index in [0.717, 1.165) is 28.0 Å². The van der Waals surface area contributed by atoms with Gasteiger partial charge in [-0.3, -0.25) is 29.0 Å². The Bertz CT molecular complexity index is 1440. The van der Waals surface area contributed by atoms with E-state index in [1.807, 2.05) is 26.0 Å². The van der Waals surface area contributed by atoms with Crippen LogP contribution in [-0.2, 0) is 19.2 Å². The number of hydrogen-bond acceptors (Lipinski definition) is 7. The van der Waals surface area contributed by atoms with Gasteiger partial charge in [-0.2, -0.15) is 0 Å². The number of phenolic OH excluding ortho intramolecular Hbond substituents is 1. The molecular weight excluding hydrogens is 670 g/mol.